The highest BCUT2D eigenvalue weighted by Gasteiger charge is 2.14. The monoisotopic (exact) mass is 414 g/mol. The Balaban J connectivity index is 1.71. The van der Waals surface area contributed by atoms with Crippen molar-refractivity contribution in [3.05, 3.63) is 64.0 Å². The molecule has 9 heteroatoms. The average molecular weight is 415 g/mol. The maximum atomic E-state index is 12.7. The summed E-state index contributed by atoms with van der Waals surface area (Å²) in [6.07, 6.45) is 1.49. The fraction of sp³-hybridized carbons (Fsp3) is 0.105. The van der Waals surface area contributed by atoms with Crippen LogP contribution in [0.4, 0.5) is 11.4 Å². The SMILES string of the molecule is COc1cc(Nc2cnn(-c3nc4ccccc4s3)c(=O)c2Cl)cc(OC)c1. The summed E-state index contributed by atoms with van der Waals surface area (Å²) in [4.78, 5) is 17.2. The van der Waals surface area contributed by atoms with Gasteiger partial charge in [0.15, 0.2) is 0 Å². The number of anilines is 2. The molecule has 0 atom stereocenters. The first kappa shape index (κ1) is 18.3. The van der Waals surface area contributed by atoms with E-state index in [9.17, 15) is 4.79 Å². The average Bonchev–Trinajstić information content (AvgIpc) is 3.15. The molecule has 0 radical (unpaired) electrons. The number of hydrogen-bond acceptors (Lipinski definition) is 7. The highest BCUT2D eigenvalue weighted by Crippen LogP contribution is 2.30. The van der Waals surface area contributed by atoms with Gasteiger partial charge >= 0.3 is 0 Å². The molecule has 2 aromatic carbocycles. The summed E-state index contributed by atoms with van der Waals surface area (Å²) in [5.41, 5.74) is 1.37. The van der Waals surface area contributed by atoms with Crippen LogP contribution in [0.15, 0.2) is 53.5 Å². The second-order valence-corrected chi connectivity index (χ2v) is 7.17. The van der Waals surface area contributed by atoms with Crippen molar-refractivity contribution in [1.29, 1.82) is 0 Å². The zero-order chi connectivity index (χ0) is 19.7. The van der Waals surface area contributed by atoms with Crippen molar-refractivity contribution in [1.82, 2.24) is 14.8 Å². The molecule has 28 heavy (non-hydrogen) atoms. The lowest BCUT2D eigenvalue weighted by Gasteiger charge is -2.12. The van der Waals surface area contributed by atoms with E-state index in [1.165, 1.54) is 22.2 Å². The van der Waals surface area contributed by atoms with E-state index in [4.69, 9.17) is 21.1 Å². The largest absolute Gasteiger partial charge is 0.497 e. The molecule has 0 bridgehead atoms. The first-order chi connectivity index (χ1) is 13.6. The molecule has 0 aliphatic rings. The van der Waals surface area contributed by atoms with Crippen LogP contribution in [-0.2, 0) is 0 Å². The molecule has 4 rings (SSSR count). The number of thiazole rings is 1. The molecular weight excluding hydrogens is 400 g/mol. The van der Waals surface area contributed by atoms with Crippen molar-refractivity contribution in [3.63, 3.8) is 0 Å². The van der Waals surface area contributed by atoms with Crippen molar-refractivity contribution >= 4 is 44.5 Å². The Bertz CT molecular complexity index is 1170. The number of methoxy groups -OCH3 is 2. The standard InChI is InChI=1S/C19H15ClN4O3S/c1-26-12-7-11(8-13(9-12)27-2)22-15-10-21-24(18(25)17(15)20)19-23-14-5-3-4-6-16(14)28-19/h3-10,22H,1-2H3. The lowest BCUT2D eigenvalue weighted by atomic mass is 10.2. The van der Waals surface area contributed by atoms with Crippen LogP contribution in [-0.4, -0.2) is 29.0 Å². The number of hydrogen-bond donors (Lipinski definition) is 1. The van der Waals surface area contributed by atoms with Crippen LogP contribution in [0.5, 0.6) is 11.5 Å². The number of benzene rings is 2. The van der Waals surface area contributed by atoms with Crippen molar-refractivity contribution in [3.8, 4) is 16.6 Å². The first-order valence-corrected chi connectivity index (χ1v) is 9.42. The predicted octanol–water partition coefficient (Wildman–Crippen LogP) is 4.26. The number of aromatic nitrogens is 3. The molecule has 4 aromatic rings. The molecule has 7 nitrogen and oxygen atoms in total. The van der Waals surface area contributed by atoms with Crippen LogP contribution in [0.25, 0.3) is 15.3 Å². The lowest BCUT2D eigenvalue weighted by molar-refractivity contribution is 0.395. The molecule has 0 aliphatic heterocycles. The quantitative estimate of drug-likeness (QED) is 0.525. The third kappa shape index (κ3) is 3.39. The van der Waals surface area contributed by atoms with Crippen LogP contribution >= 0.6 is 22.9 Å². The number of nitrogens with one attached hydrogen (secondary N) is 1. The summed E-state index contributed by atoms with van der Waals surface area (Å²) in [6.45, 7) is 0. The number of fused-ring (bicyclic) bond motifs is 1. The Morgan fingerprint density at radius 1 is 1.11 bits per heavy atom. The van der Waals surface area contributed by atoms with Gasteiger partial charge in [0, 0.05) is 23.9 Å². The molecule has 2 aromatic heterocycles. The smallest absolute Gasteiger partial charge is 0.294 e. The van der Waals surface area contributed by atoms with Gasteiger partial charge in [-0.15, -0.1) is 0 Å². The zero-order valence-electron chi connectivity index (χ0n) is 15.0. The summed E-state index contributed by atoms with van der Waals surface area (Å²) < 4.78 is 12.7. The molecule has 0 amide bonds. The van der Waals surface area contributed by atoms with E-state index in [1.807, 2.05) is 24.3 Å². The Kier molecular flexibility index (Phi) is 4.89. The fourth-order valence-electron chi connectivity index (χ4n) is 2.64. The summed E-state index contributed by atoms with van der Waals surface area (Å²) in [5, 5.41) is 7.78. The second kappa shape index (κ2) is 7.49. The van der Waals surface area contributed by atoms with Crippen molar-refractivity contribution in [2.75, 3.05) is 19.5 Å². The van der Waals surface area contributed by atoms with Gasteiger partial charge in [0.25, 0.3) is 5.56 Å². The topological polar surface area (TPSA) is 78.3 Å². The molecule has 2 heterocycles. The molecule has 0 spiro atoms. The molecule has 0 aliphatic carbocycles. The highest BCUT2D eigenvalue weighted by atomic mass is 35.5. The van der Waals surface area contributed by atoms with E-state index < -0.39 is 5.56 Å². The minimum absolute atomic E-state index is 0.0102. The third-order valence-electron chi connectivity index (χ3n) is 4.01. The van der Waals surface area contributed by atoms with E-state index >= 15 is 0 Å². The van der Waals surface area contributed by atoms with Crippen LogP contribution in [0, 0.1) is 0 Å². The molecule has 142 valence electrons. The van der Waals surface area contributed by atoms with Gasteiger partial charge < -0.3 is 14.8 Å². The highest BCUT2D eigenvalue weighted by molar-refractivity contribution is 7.20. The fourth-order valence-corrected chi connectivity index (χ4v) is 3.74. The number of ether oxygens (including phenoxy) is 2. The summed E-state index contributed by atoms with van der Waals surface area (Å²) >= 11 is 7.69. The van der Waals surface area contributed by atoms with Gasteiger partial charge in [-0.2, -0.15) is 9.78 Å². The molecule has 1 N–H and O–H groups in total. The number of rotatable bonds is 5. The minimum atomic E-state index is -0.458. The molecule has 0 fully saturated rings. The van der Waals surface area contributed by atoms with Crippen molar-refractivity contribution in [2.24, 2.45) is 0 Å². The maximum absolute atomic E-state index is 12.7. The van der Waals surface area contributed by atoms with Gasteiger partial charge in [0.2, 0.25) is 5.13 Å². The van der Waals surface area contributed by atoms with E-state index in [1.54, 1.807) is 32.4 Å². The van der Waals surface area contributed by atoms with Crippen LogP contribution < -0.4 is 20.3 Å². The van der Waals surface area contributed by atoms with E-state index in [0.29, 0.717) is 28.0 Å². The van der Waals surface area contributed by atoms with Gasteiger partial charge in [0.1, 0.15) is 16.5 Å². The predicted molar refractivity (Wildman–Crippen MR) is 111 cm³/mol. The van der Waals surface area contributed by atoms with E-state index in [2.05, 4.69) is 15.4 Å². The molecule has 0 saturated heterocycles. The van der Waals surface area contributed by atoms with E-state index in [0.717, 1.165) is 10.2 Å². The lowest BCUT2D eigenvalue weighted by Crippen LogP contribution is -2.22. The van der Waals surface area contributed by atoms with E-state index in [-0.39, 0.29) is 5.02 Å². The van der Waals surface area contributed by atoms with Gasteiger partial charge in [-0.3, -0.25) is 4.79 Å². The summed E-state index contributed by atoms with van der Waals surface area (Å²) in [7, 11) is 3.12. The second-order valence-electron chi connectivity index (χ2n) is 5.78. The van der Waals surface area contributed by atoms with Crippen LogP contribution in [0.1, 0.15) is 0 Å². The van der Waals surface area contributed by atoms with Crippen molar-refractivity contribution < 1.29 is 9.47 Å². The Hall–Kier alpha value is -3.10. The zero-order valence-corrected chi connectivity index (χ0v) is 16.5. The Morgan fingerprint density at radius 2 is 1.82 bits per heavy atom. The molecular formula is C19H15ClN4O3S. The normalized spacial score (nSPS) is 10.8. The van der Waals surface area contributed by atoms with Crippen LogP contribution in [0.2, 0.25) is 5.02 Å². The Labute approximate surface area is 169 Å². The van der Waals surface area contributed by atoms with Gasteiger partial charge in [0.05, 0.1) is 36.3 Å². The number of para-hydroxylation sites is 1. The van der Waals surface area contributed by atoms with Crippen LogP contribution in [0.3, 0.4) is 0 Å². The molecule has 0 saturated carbocycles. The van der Waals surface area contributed by atoms with Gasteiger partial charge in [-0.1, -0.05) is 35.1 Å². The summed E-state index contributed by atoms with van der Waals surface area (Å²) in [6, 6.07) is 12.9. The maximum Gasteiger partial charge on any atom is 0.294 e. The van der Waals surface area contributed by atoms with Gasteiger partial charge in [-0.05, 0) is 12.1 Å². The Morgan fingerprint density at radius 3 is 2.50 bits per heavy atom. The molecule has 0 unspecified atom stereocenters. The first-order valence-electron chi connectivity index (χ1n) is 8.23. The minimum Gasteiger partial charge on any atom is -0.497 e. The summed E-state index contributed by atoms with van der Waals surface area (Å²) in [5.74, 6) is 1.21. The number of nitrogens with zero attached hydrogens (tertiary/aromatic N) is 3. The van der Waals surface area contributed by atoms with Crippen molar-refractivity contribution in [2.45, 2.75) is 0 Å². The third-order valence-corrected chi connectivity index (χ3v) is 5.39. The van der Waals surface area contributed by atoms with Gasteiger partial charge in [-0.25, -0.2) is 4.98 Å². The number of halogens is 1.